The van der Waals surface area contributed by atoms with Crippen molar-refractivity contribution in [2.75, 3.05) is 0 Å². The van der Waals surface area contributed by atoms with Crippen molar-refractivity contribution in [3.05, 3.63) is 60.2 Å². The summed E-state index contributed by atoms with van der Waals surface area (Å²) in [6.45, 7) is 0. The van der Waals surface area contributed by atoms with Crippen LogP contribution in [0, 0.1) is 0 Å². The predicted octanol–water partition coefficient (Wildman–Crippen LogP) is 5.22. The van der Waals surface area contributed by atoms with Gasteiger partial charge in [-0.05, 0) is 27.6 Å². The van der Waals surface area contributed by atoms with Crippen LogP contribution >= 0.6 is 0 Å². The minimum Gasteiger partial charge on any atom is -0.382 e. The Bertz CT molecular complexity index is 816. The second kappa shape index (κ2) is 5.16. The molecule has 0 fully saturated rings. The molecular formula is C17H11F5O. The van der Waals surface area contributed by atoms with Crippen LogP contribution in [-0.4, -0.2) is 17.2 Å². The summed E-state index contributed by atoms with van der Waals surface area (Å²) < 4.78 is 65.4. The van der Waals surface area contributed by atoms with E-state index in [1.807, 2.05) is 0 Å². The summed E-state index contributed by atoms with van der Waals surface area (Å²) in [5.74, 6) is -5.25. The lowest BCUT2D eigenvalue weighted by Gasteiger charge is -2.27. The summed E-state index contributed by atoms with van der Waals surface area (Å²) in [6, 6.07) is 14.1. The van der Waals surface area contributed by atoms with Crippen LogP contribution < -0.4 is 0 Å². The van der Waals surface area contributed by atoms with Crippen LogP contribution in [0.15, 0.2) is 54.6 Å². The smallest absolute Gasteiger partial charge is 0.382 e. The number of fused-ring (bicyclic) bond motifs is 2. The Morgan fingerprint density at radius 2 is 1.17 bits per heavy atom. The molecule has 3 rings (SSSR count). The van der Waals surface area contributed by atoms with E-state index in [2.05, 4.69) is 0 Å². The van der Waals surface area contributed by atoms with Gasteiger partial charge in [0.1, 0.15) is 0 Å². The molecule has 1 nitrogen and oxygen atoms in total. The number of hydrogen-bond donors (Lipinski definition) is 1. The summed E-state index contributed by atoms with van der Waals surface area (Å²) in [6.07, 6.45) is -8.83. The van der Waals surface area contributed by atoms with Crippen LogP contribution in [0.3, 0.4) is 0 Å². The number of benzene rings is 3. The molecule has 1 atom stereocenters. The van der Waals surface area contributed by atoms with Gasteiger partial charge in [-0.2, -0.15) is 22.0 Å². The van der Waals surface area contributed by atoms with Gasteiger partial charge in [-0.3, -0.25) is 0 Å². The maximum Gasteiger partial charge on any atom is 0.456 e. The third kappa shape index (κ3) is 2.43. The van der Waals surface area contributed by atoms with Crippen molar-refractivity contribution >= 4 is 21.5 Å². The number of halogens is 5. The molecule has 120 valence electrons. The highest BCUT2D eigenvalue weighted by Gasteiger charge is 2.63. The first-order chi connectivity index (χ1) is 10.7. The zero-order chi connectivity index (χ0) is 16.8. The second-order valence-electron chi connectivity index (χ2n) is 5.26. The van der Waals surface area contributed by atoms with E-state index >= 15 is 0 Å². The summed E-state index contributed by atoms with van der Waals surface area (Å²) in [5, 5.41) is 11.2. The van der Waals surface area contributed by atoms with Crippen LogP contribution in [0.25, 0.3) is 21.5 Å². The Labute approximate surface area is 128 Å². The lowest BCUT2D eigenvalue weighted by Crippen LogP contribution is -2.42. The number of rotatable bonds is 2. The van der Waals surface area contributed by atoms with E-state index in [4.69, 9.17) is 0 Å². The normalized spacial score (nSPS) is 14.3. The number of aliphatic hydroxyl groups is 1. The number of hydrogen-bond acceptors (Lipinski definition) is 1. The molecule has 0 aliphatic carbocycles. The van der Waals surface area contributed by atoms with Crippen LogP contribution in [0.5, 0.6) is 0 Å². The average molecular weight is 326 g/mol. The van der Waals surface area contributed by atoms with Crippen LogP contribution in [0.1, 0.15) is 11.7 Å². The van der Waals surface area contributed by atoms with Crippen molar-refractivity contribution in [2.24, 2.45) is 0 Å². The SMILES string of the molecule is OC(c1c2ccccc2cc2ccccc12)C(F)(F)C(F)(F)F. The number of aliphatic hydroxyl groups excluding tert-OH is 1. The molecule has 0 radical (unpaired) electrons. The van der Waals surface area contributed by atoms with Crippen LogP contribution in [0.4, 0.5) is 22.0 Å². The molecule has 0 aromatic heterocycles. The van der Waals surface area contributed by atoms with Crippen molar-refractivity contribution in [3.63, 3.8) is 0 Å². The zero-order valence-corrected chi connectivity index (χ0v) is 11.6. The Morgan fingerprint density at radius 1 is 0.739 bits per heavy atom. The Balaban J connectivity index is 2.37. The van der Waals surface area contributed by atoms with E-state index < -0.39 is 23.8 Å². The average Bonchev–Trinajstić information content (AvgIpc) is 2.50. The molecule has 23 heavy (non-hydrogen) atoms. The molecule has 0 saturated carbocycles. The van der Waals surface area contributed by atoms with Crippen LogP contribution in [0.2, 0.25) is 0 Å². The molecule has 1 unspecified atom stereocenters. The first-order valence-electron chi connectivity index (χ1n) is 6.76. The minimum absolute atomic E-state index is 0.169. The van der Waals surface area contributed by atoms with Crippen molar-refractivity contribution in [1.82, 2.24) is 0 Å². The third-order valence-electron chi connectivity index (χ3n) is 3.81. The molecular weight excluding hydrogens is 315 g/mol. The van der Waals surface area contributed by atoms with E-state index in [0.29, 0.717) is 10.8 Å². The first kappa shape index (κ1) is 15.7. The number of alkyl halides is 5. The van der Waals surface area contributed by atoms with E-state index in [-0.39, 0.29) is 10.8 Å². The fourth-order valence-electron chi connectivity index (χ4n) is 2.68. The second-order valence-corrected chi connectivity index (χ2v) is 5.26. The standard InChI is InChI=1S/C17H11F5O/c18-16(19,17(20,21)22)15(23)14-12-7-3-1-5-10(12)9-11-6-2-4-8-13(11)14/h1-9,15,23H. The van der Waals surface area contributed by atoms with E-state index in [1.54, 1.807) is 30.3 Å². The van der Waals surface area contributed by atoms with E-state index in [1.165, 1.54) is 24.3 Å². The highest BCUT2D eigenvalue weighted by molar-refractivity contribution is 6.02. The molecule has 3 aromatic rings. The summed E-state index contributed by atoms with van der Waals surface area (Å²) in [7, 11) is 0. The fraction of sp³-hybridized carbons (Fsp3) is 0.176. The zero-order valence-electron chi connectivity index (χ0n) is 11.6. The molecule has 3 aromatic carbocycles. The molecule has 0 bridgehead atoms. The van der Waals surface area contributed by atoms with Gasteiger partial charge in [0, 0.05) is 5.56 Å². The van der Waals surface area contributed by atoms with Gasteiger partial charge in [0.2, 0.25) is 0 Å². The van der Waals surface area contributed by atoms with E-state index in [9.17, 15) is 27.1 Å². The molecule has 0 aliphatic rings. The molecule has 0 amide bonds. The summed E-state index contributed by atoms with van der Waals surface area (Å²) >= 11 is 0. The van der Waals surface area contributed by atoms with Crippen molar-refractivity contribution in [3.8, 4) is 0 Å². The molecule has 0 spiro atoms. The van der Waals surface area contributed by atoms with Gasteiger partial charge < -0.3 is 5.11 Å². The fourth-order valence-corrected chi connectivity index (χ4v) is 2.68. The van der Waals surface area contributed by atoms with Crippen LogP contribution in [-0.2, 0) is 0 Å². The topological polar surface area (TPSA) is 20.2 Å². The van der Waals surface area contributed by atoms with Gasteiger partial charge in [0.25, 0.3) is 0 Å². The molecule has 6 heteroatoms. The largest absolute Gasteiger partial charge is 0.456 e. The molecule has 0 aliphatic heterocycles. The highest BCUT2D eigenvalue weighted by atomic mass is 19.4. The van der Waals surface area contributed by atoms with Gasteiger partial charge in [-0.15, -0.1) is 0 Å². The van der Waals surface area contributed by atoms with Gasteiger partial charge in [-0.1, -0.05) is 48.5 Å². The van der Waals surface area contributed by atoms with E-state index in [0.717, 1.165) is 0 Å². The van der Waals surface area contributed by atoms with Gasteiger partial charge in [-0.25, -0.2) is 0 Å². The highest BCUT2D eigenvalue weighted by Crippen LogP contribution is 2.47. The lowest BCUT2D eigenvalue weighted by atomic mass is 9.91. The van der Waals surface area contributed by atoms with Gasteiger partial charge >= 0.3 is 12.1 Å². The van der Waals surface area contributed by atoms with Gasteiger partial charge in [0.15, 0.2) is 6.10 Å². The quantitative estimate of drug-likeness (QED) is 0.505. The molecule has 0 saturated heterocycles. The van der Waals surface area contributed by atoms with Crippen molar-refractivity contribution in [2.45, 2.75) is 18.2 Å². The predicted molar refractivity (Wildman–Crippen MR) is 77.4 cm³/mol. The minimum atomic E-state index is -5.84. The van der Waals surface area contributed by atoms with Crippen molar-refractivity contribution in [1.29, 1.82) is 0 Å². The van der Waals surface area contributed by atoms with Gasteiger partial charge in [0.05, 0.1) is 0 Å². The molecule has 0 heterocycles. The monoisotopic (exact) mass is 326 g/mol. The lowest BCUT2D eigenvalue weighted by molar-refractivity contribution is -0.314. The molecule has 1 N–H and O–H groups in total. The first-order valence-corrected chi connectivity index (χ1v) is 6.76. The Morgan fingerprint density at radius 3 is 1.61 bits per heavy atom. The third-order valence-corrected chi connectivity index (χ3v) is 3.81. The Hall–Kier alpha value is -2.21. The summed E-state index contributed by atoms with van der Waals surface area (Å²) in [5.41, 5.74) is -0.416. The Kier molecular flexibility index (Phi) is 3.52. The summed E-state index contributed by atoms with van der Waals surface area (Å²) in [4.78, 5) is 0. The maximum absolute atomic E-state index is 13.7. The van der Waals surface area contributed by atoms with Crippen molar-refractivity contribution < 1.29 is 27.1 Å². The maximum atomic E-state index is 13.7.